The molecule has 100 valence electrons. The molecule has 1 aliphatic rings. The average Bonchev–Trinajstić information content (AvgIpc) is 3.00. The van der Waals surface area contributed by atoms with Crippen LogP contribution in [0.15, 0.2) is 4.42 Å². The summed E-state index contributed by atoms with van der Waals surface area (Å²) in [5.74, 6) is 0.503. The van der Waals surface area contributed by atoms with Crippen molar-refractivity contribution >= 4 is 11.9 Å². The summed E-state index contributed by atoms with van der Waals surface area (Å²) in [5, 5.41) is 13.8. The number of aromatic nitrogens is 2. The third-order valence-electron chi connectivity index (χ3n) is 2.88. The van der Waals surface area contributed by atoms with Gasteiger partial charge in [0, 0.05) is 13.1 Å². The monoisotopic (exact) mass is 253 g/mol. The van der Waals surface area contributed by atoms with E-state index in [-0.39, 0.29) is 18.5 Å². The molecule has 0 saturated heterocycles. The molecule has 1 unspecified atom stereocenters. The topological polar surface area (TPSA) is 83.3 Å². The zero-order chi connectivity index (χ0) is 13.1. The van der Waals surface area contributed by atoms with Crippen molar-refractivity contribution in [1.82, 2.24) is 20.8 Å². The predicted octanol–water partition coefficient (Wildman–Crippen LogP) is 0.0648. The molecular weight excluding hydrogens is 234 g/mol. The van der Waals surface area contributed by atoms with E-state index in [0.717, 1.165) is 12.8 Å². The number of anilines is 1. The van der Waals surface area contributed by atoms with Gasteiger partial charge in [0.2, 0.25) is 11.8 Å². The lowest BCUT2D eigenvalue weighted by Gasteiger charge is -2.13. The van der Waals surface area contributed by atoms with Gasteiger partial charge in [0.05, 0.1) is 6.04 Å². The van der Waals surface area contributed by atoms with Gasteiger partial charge in [0.15, 0.2) is 0 Å². The van der Waals surface area contributed by atoms with Crippen LogP contribution in [0.4, 0.5) is 6.01 Å². The molecule has 0 aromatic carbocycles. The molecule has 2 N–H and O–H groups in total. The van der Waals surface area contributed by atoms with Gasteiger partial charge in [-0.25, -0.2) is 0 Å². The third-order valence-corrected chi connectivity index (χ3v) is 2.88. The molecule has 1 aromatic rings. The van der Waals surface area contributed by atoms with Crippen LogP contribution in [0.5, 0.6) is 0 Å². The van der Waals surface area contributed by atoms with Crippen molar-refractivity contribution in [3.8, 4) is 0 Å². The minimum atomic E-state index is -0.0126. The zero-order valence-corrected chi connectivity index (χ0v) is 10.9. The summed E-state index contributed by atoms with van der Waals surface area (Å²) in [5.41, 5.74) is 0. The first-order chi connectivity index (χ1) is 8.60. The molecular formula is C11H19N5O2. The Bertz CT molecular complexity index is 415. The molecule has 1 heterocycles. The molecule has 7 nitrogen and oxygen atoms in total. The fourth-order valence-electron chi connectivity index (χ4n) is 1.46. The number of nitrogens with one attached hydrogen (secondary N) is 2. The Morgan fingerprint density at radius 2 is 2.28 bits per heavy atom. The van der Waals surface area contributed by atoms with Crippen LogP contribution in [0.3, 0.4) is 0 Å². The highest BCUT2D eigenvalue weighted by Crippen LogP contribution is 2.19. The molecule has 2 rings (SSSR count). The zero-order valence-electron chi connectivity index (χ0n) is 10.9. The Kier molecular flexibility index (Phi) is 3.81. The van der Waals surface area contributed by atoms with Gasteiger partial charge in [0.1, 0.15) is 6.54 Å². The standard InChI is InChI=1S/C11H19N5O2/c1-7(12-2)10-14-15-11(18-10)16(3)6-9(17)13-8-4-5-8/h7-8,12H,4-6H2,1-3H3,(H,13,17). The molecule has 1 fully saturated rings. The molecule has 0 bridgehead atoms. The van der Waals surface area contributed by atoms with Gasteiger partial charge in [-0.05, 0) is 26.8 Å². The maximum atomic E-state index is 11.6. The van der Waals surface area contributed by atoms with Crippen LogP contribution in [0, 0.1) is 0 Å². The van der Waals surface area contributed by atoms with Crippen LogP contribution in [-0.4, -0.2) is 42.8 Å². The van der Waals surface area contributed by atoms with Gasteiger partial charge in [-0.1, -0.05) is 5.10 Å². The highest BCUT2D eigenvalue weighted by molar-refractivity contribution is 5.81. The van der Waals surface area contributed by atoms with Crippen LogP contribution in [-0.2, 0) is 4.79 Å². The number of carbonyl (C=O) groups excluding carboxylic acids is 1. The average molecular weight is 253 g/mol. The summed E-state index contributed by atoms with van der Waals surface area (Å²) in [4.78, 5) is 13.3. The highest BCUT2D eigenvalue weighted by Gasteiger charge is 2.24. The minimum Gasteiger partial charge on any atom is -0.406 e. The van der Waals surface area contributed by atoms with E-state index in [4.69, 9.17) is 4.42 Å². The van der Waals surface area contributed by atoms with Gasteiger partial charge in [-0.2, -0.15) is 0 Å². The quantitative estimate of drug-likeness (QED) is 0.746. The third kappa shape index (κ3) is 3.19. The molecule has 1 aliphatic carbocycles. The van der Waals surface area contributed by atoms with E-state index in [2.05, 4.69) is 20.8 Å². The lowest BCUT2D eigenvalue weighted by molar-refractivity contribution is -0.119. The molecule has 1 aromatic heterocycles. The Balaban J connectivity index is 1.89. The molecule has 1 atom stereocenters. The summed E-state index contributed by atoms with van der Waals surface area (Å²) in [6.45, 7) is 2.16. The lowest BCUT2D eigenvalue weighted by Crippen LogP contribution is -2.36. The minimum absolute atomic E-state index is 0.0000550. The number of amides is 1. The first-order valence-corrected chi connectivity index (χ1v) is 6.11. The molecule has 0 spiro atoms. The van der Waals surface area contributed by atoms with Crippen LogP contribution < -0.4 is 15.5 Å². The van der Waals surface area contributed by atoms with E-state index in [0.29, 0.717) is 17.9 Å². The van der Waals surface area contributed by atoms with Crippen LogP contribution in [0.2, 0.25) is 0 Å². The maximum Gasteiger partial charge on any atom is 0.318 e. The summed E-state index contributed by atoms with van der Waals surface area (Å²) in [7, 11) is 3.58. The Hall–Kier alpha value is -1.63. The largest absolute Gasteiger partial charge is 0.406 e. The van der Waals surface area contributed by atoms with Crippen LogP contribution >= 0.6 is 0 Å². The Morgan fingerprint density at radius 1 is 1.56 bits per heavy atom. The lowest BCUT2D eigenvalue weighted by atomic mass is 10.3. The molecule has 0 radical (unpaired) electrons. The van der Waals surface area contributed by atoms with Gasteiger partial charge in [-0.15, -0.1) is 5.10 Å². The van der Waals surface area contributed by atoms with Gasteiger partial charge in [-0.3, -0.25) is 4.79 Å². The predicted molar refractivity (Wildman–Crippen MR) is 66.2 cm³/mol. The molecule has 7 heteroatoms. The number of likely N-dealkylation sites (N-methyl/N-ethyl adjacent to an activating group) is 1. The fourth-order valence-corrected chi connectivity index (χ4v) is 1.46. The molecule has 18 heavy (non-hydrogen) atoms. The van der Waals surface area contributed by atoms with E-state index in [1.165, 1.54) is 0 Å². The molecule has 0 aliphatic heterocycles. The van der Waals surface area contributed by atoms with E-state index >= 15 is 0 Å². The van der Waals surface area contributed by atoms with Crippen molar-refractivity contribution in [2.24, 2.45) is 0 Å². The van der Waals surface area contributed by atoms with Crippen molar-refractivity contribution in [1.29, 1.82) is 0 Å². The number of hydrogen-bond acceptors (Lipinski definition) is 6. The summed E-state index contributed by atoms with van der Waals surface area (Å²) >= 11 is 0. The summed E-state index contributed by atoms with van der Waals surface area (Å²) in [6.07, 6.45) is 2.17. The highest BCUT2D eigenvalue weighted by atomic mass is 16.4. The molecule has 1 saturated carbocycles. The van der Waals surface area contributed by atoms with E-state index in [1.807, 2.05) is 14.0 Å². The van der Waals surface area contributed by atoms with Crippen molar-refractivity contribution in [2.75, 3.05) is 25.5 Å². The van der Waals surface area contributed by atoms with Crippen molar-refractivity contribution < 1.29 is 9.21 Å². The van der Waals surface area contributed by atoms with Crippen LogP contribution in [0.1, 0.15) is 31.7 Å². The Labute approximate surface area is 106 Å². The van der Waals surface area contributed by atoms with Crippen LogP contribution in [0.25, 0.3) is 0 Å². The van der Waals surface area contributed by atoms with Gasteiger partial charge >= 0.3 is 6.01 Å². The normalized spacial score (nSPS) is 16.4. The number of nitrogens with zero attached hydrogens (tertiary/aromatic N) is 3. The van der Waals surface area contributed by atoms with E-state index < -0.39 is 0 Å². The summed E-state index contributed by atoms with van der Waals surface area (Å²) in [6, 6.07) is 0.728. The smallest absolute Gasteiger partial charge is 0.318 e. The SMILES string of the molecule is CNC(C)c1nnc(N(C)CC(=O)NC2CC2)o1. The number of carbonyl (C=O) groups is 1. The first kappa shape index (κ1) is 12.8. The van der Waals surface area contributed by atoms with Crippen molar-refractivity contribution in [3.05, 3.63) is 5.89 Å². The maximum absolute atomic E-state index is 11.6. The van der Waals surface area contributed by atoms with E-state index in [9.17, 15) is 4.79 Å². The number of rotatable bonds is 6. The van der Waals surface area contributed by atoms with Gasteiger partial charge in [0.25, 0.3) is 0 Å². The fraction of sp³-hybridized carbons (Fsp3) is 0.727. The number of hydrogen-bond donors (Lipinski definition) is 2. The van der Waals surface area contributed by atoms with Crippen molar-refractivity contribution in [3.63, 3.8) is 0 Å². The second-order valence-corrected chi connectivity index (χ2v) is 4.63. The van der Waals surface area contributed by atoms with E-state index in [1.54, 1.807) is 11.9 Å². The van der Waals surface area contributed by atoms with Gasteiger partial charge < -0.3 is 20.0 Å². The van der Waals surface area contributed by atoms with Crippen molar-refractivity contribution in [2.45, 2.75) is 31.8 Å². The summed E-state index contributed by atoms with van der Waals surface area (Å²) < 4.78 is 5.48. The molecule has 1 amide bonds. The second kappa shape index (κ2) is 5.34. The Morgan fingerprint density at radius 3 is 2.89 bits per heavy atom. The second-order valence-electron chi connectivity index (χ2n) is 4.63. The first-order valence-electron chi connectivity index (χ1n) is 6.11.